The lowest BCUT2D eigenvalue weighted by Gasteiger charge is -2.40. The lowest BCUT2D eigenvalue weighted by atomic mass is 9.86. The molecule has 1 amide bonds. The third kappa shape index (κ3) is 4.21. The molecule has 2 atom stereocenters. The Morgan fingerprint density at radius 2 is 2.00 bits per heavy atom. The van der Waals surface area contributed by atoms with Crippen LogP contribution in [0.1, 0.15) is 39.5 Å². The van der Waals surface area contributed by atoms with E-state index in [1.807, 2.05) is 4.90 Å². The fraction of sp³-hybridized carbons (Fsp3) is 0.941. The van der Waals surface area contributed by atoms with E-state index in [1.165, 1.54) is 0 Å². The fourth-order valence-electron chi connectivity index (χ4n) is 3.83. The number of carbonyl (C=O) groups excluding carboxylic acids is 1. The molecule has 5 nitrogen and oxygen atoms in total. The first-order valence-corrected chi connectivity index (χ1v) is 8.76. The number of piperidine rings is 1. The normalized spacial score (nSPS) is 27.6. The van der Waals surface area contributed by atoms with E-state index >= 15 is 0 Å². The van der Waals surface area contributed by atoms with Gasteiger partial charge in [-0.05, 0) is 38.6 Å². The van der Waals surface area contributed by atoms with Crippen LogP contribution in [0.3, 0.4) is 0 Å². The van der Waals surface area contributed by atoms with E-state index in [2.05, 4.69) is 25.8 Å². The molecule has 0 aromatic carbocycles. The highest BCUT2D eigenvalue weighted by Crippen LogP contribution is 2.29. The van der Waals surface area contributed by atoms with Crippen LogP contribution in [0.15, 0.2) is 0 Å². The molecule has 1 N–H and O–H groups in total. The molecule has 0 unspecified atom stereocenters. The van der Waals surface area contributed by atoms with Crippen molar-refractivity contribution in [3.05, 3.63) is 0 Å². The second-order valence-corrected chi connectivity index (χ2v) is 7.09. The highest BCUT2D eigenvalue weighted by Gasteiger charge is 2.37. The number of carbonyl (C=O) groups is 1. The molecule has 0 aliphatic carbocycles. The summed E-state index contributed by atoms with van der Waals surface area (Å²) in [5, 5.41) is 9.04. The van der Waals surface area contributed by atoms with Gasteiger partial charge in [-0.15, -0.1) is 0 Å². The SMILES string of the molecule is CC(C)[C@@H]1OCCC[C@H]1C(=O)N1CCC(N(C)CCO)CC1. The Morgan fingerprint density at radius 1 is 1.32 bits per heavy atom. The van der Waals surface area contributed by atoms with Crippen LogP contribution in [0, 0.1) is 11.8 Å². The number of likely N-dealkylation sites (tertiary alicyclic amines) is 1. The van der Waals surface area contributed by atoms with Gasteiger partial charge in [-0.3, -0.25) is 4.79 Å². The van der Waals surface area contributed by atoms with Crippen LogP contribution in [0.4, 0.5) is 0 Å². The molecular weight excluding hydrogens is 280 g/mol. The molecule has 0 aromatic heterocycles. The van der Waals surface area contributed by atoms with Crippen LogP contribution in [0.5, 0.6) is 0 Å². The molecule has 0 radical (unpaired) electrons. The number of aliphatic hydroxyl groups excluding tert-OH is 1. The van der Waals surface area contributed by atoms with E-state index in [-0.39, 0.29) is 18.6 Å². The third-order valence-corrected chi connectivity index (χ3v) is 5.19. The molecule has 0 spiro atoms. The van der Waals surface area contributed by atoms with Gasteiger partial charge < -0.3 is 19.6 Å². The molecule has 0 bridgehead atoms. The predicted molar refractivity (Wildman–Crippen MR) is 86.6 cm³/mol. The van der Waals surface area contributed by atoms with Crippen LogP contribution in [-0.2, 0) is 9.53 Å². The van der Waals surface area contributed by atoms with Crippen molar-refractivity contribution in [3.63, 3.8) is 0 Å². The van der Waals surface area contributed by atoms with Crippen molar-refractivity contribution < 1.29 is 14.6 Å². The minimum Gasteiger partial charge on any atom is -0.395 e. The maximum atomic E-state index is 12.9. The summed E-state index contributed by atoms with van der Waals surface area (Å²) in [5.74, 6) is 0.726. The summed E-state index contributed by atoms with van der Waals surface area (Å²) in [6.07, 6.45) is 4.04. The van der Waals surface area contributed by atoms with E-state index in [1.54, 1.807) is 0 Å². The number of rotatable bonds is 5. The molecule has 2 saturated heterocycles. The van der Waals surface area contributed by atoms with Crippen LogP contribution < -0.4 is 0 Å². The number of aliphatic hydroxyl groups is 1. The van der Waals surface area contributed by atoms with Gasteiger partial charge in [0.2, 0.25) is 5.91 Å². The molecule has 2 heterocycles. The first-order chi connectivity index (χ1) is 10.5. The lowest BCUT2D eigenvalue weighted by Crippen LogP contribution is -2.51. The van der Waals surface area contributed by atoms with Crippen molar-refractivity contribution in [1.82, 2.24) is 9.80 Å². The van der Waals surface area contributed by atoms with Gasteiger partial charge in [-0.25, -0.2) is 0 Å². The summed E-state index contributed by atoms with van der Waals surface area (Å²) in [7, 11) is 2.06. The number of ether oxygens (including phenoxy) is 1. The fourth-order valence-corrected chi connectivity index (χ4v) is 3.83. The van der Waals surface area contributed by atoms with E-state index in [0.717, 1.165) is 45.4 Å². The van der Waals surface area contributed by atoms with Gasteiger partial charge in [-0.2, -0.15) is 0 Å². The van der Waals surface area contributed by atoms with E-state index in [0.29, 0.717) is 24.4 Å². The average molecular weight is 312 g/mol. The Hall–Kier alpha value is -0.650. The quantitative estimate of drug-likeness (QED) is 0.833. The van der Waals surface area contributed by atoms with Crippen LogP contribution >= 0.6 is 0 Å². The highest BCUT2D eigenvalue weighted by molar-refractivity contribution is 5.79. The Labute approximate surface area is 134 Å². The van der Waals surface area contributed by atoms with Crippen LogP contribution in [0.25, 0.3) is 0 Å². The smallest absolute Gasteiger partial charge is 0.228 e. The first kappa shape index (κ1) is 17.7. The molecular formula is C17H32N2O3. The lowest BCUT2D eigenvalue weighted by molar-refractivity contribution is -0.149. The maximum Gasteiger partial charge on any atom is 0.228 e. The molecule has 22 heavy (non-hydrogen) atoms. The molecule has 0 aromatic rings. The molecule has 5 heteroatoms. The number of hydrogen-bond donors (Lipinski definition) is 1. The minimum absolute atomic E-state index is 0.0421. The minimum atomic E-state index is 0.0421. The molecule has 2 fully saturated rings. The molecule has 128 valence electrons. The summed E-state index contributed by atoms with van der Waals surface area (Å²) in [6, 6.07) is 0.486. The Balaban J connectivity index is 1.88. The summed E-state index contributed by atoms with van der Waals surface area (Å²) in [4.78, 5) is 17.1. The van der Waals surface area contributed by atoms with Gasteiger partial charge in [0.25, 0.3) is 0 Å². The highest BCUT2D eigenvalue weighted by atomic mass is 16.5. The van der Waals surface area contributed by atoms with Gasteiger partial charge >= 0.3 is 0 Å². The van der Waals surface area contributed by atoms with Crippen molar-refractivity contribution in [3.8, 4) is 0 Å². The summed E-state index contributed by atoms with van der Waals surface area (Å²) >= 11 is 0. The molecule has 2 rings (SSSR count). The third-order valence-electron chi connectivity index (χ3n) is 5.19. The summed E-state index contributed by atoms with van der Waals surface area (Å²) in [5.41, 5.74) is 0. The maximum absolute atomic E-state index is 12.9. The van der Waals surface area contributed by atoms with E-state index < -0.39 is 0 Å². The van der Waals surface area contributed by atoms with Gasteiger partial charge in [0, 0.05) is 32.3 Å². The molecule has 2 aliphatic heterocycles. The number of hydrogen-bond acceptors (Lipinski definition) is 4. The molecule has 2 aliphatic rings. The first-order valence-electron chi connectivity index (χ1n) is 8.76. The zero-order valence-corrected chi connectivity index (χ0v) is 14.3. The van der Waals surface area contributed by atoms with Crippen LogP contribution in [0.2, 0.25) is 0 Å². The average Bonchev–Trinajstić information content (AvgIpc) is 2.54. The van der Waals surface area contributed by atoms with Crippen molar-refractivity contribution in [1.29, 1.82) is 0 Å². The molecule has 0 saturated carbocycles. The van der Waals surface area contributed by atoms with Crippen LogP contribution in [-0.4, -0.2) is 72.9 Å². The Morgan fingerprint density at radius 3 is 2.59 bits per heavy atom. The number of nitrogens with zero attached hydrogens (tertiary/aromatic N) is 2. The largest absolute Gasteiger partial charge is 0.395 e. The summed E-state index contributed by atoms with van der Waals surface area (Å²) in [6.45, 7) is 7.66. The van der Waals surface area contributed by atoms with Crippen molar-refractivity contribution in [2.45, 2.75) is 51.7 Å². The van der Waals surface area contributed by atoms with Crippen molar-refractivity contribution in [2.75, 3.05) is 39.9 Å². The predicted octanol–water partition coefficient (Wildman–Crippen LogP) is 1.35. The second-order valence-electron chi connectivity index (χ2n) is 7.09. The number of likely N-dealkylation sites (N-methyl/N-ethyl adjacent to an activating group) is 1. The van der Waals surface area contributed by atoms with Gasteiger partial charge in [-0.1, -0.05) is 13.8 Å². The second kappa shape index (κ2) is 8.27. The standard InChI is InChI=1S/C17H32N2O3/c1-13(2)16-15(5-4-12-22-16)17(21)19-8-6-14(7-9-19)18(3)10-11-20/h13-16,20H,4-12H2,1-3H3/t15-,16+/m1/s1. The zero-order valence-electron chi connectivity index (χ0n) is 14.3. The van der Waals surface area contributed by atoms with Gasteiger partial charge in [0.15, 0.2) is 0 Å². The zero-order chi connectivity index (χ0) is 16.1. The van der Waals surface area contributed by atoms with Gasteiger partial charge in [0.1, 0.15) is 0 Å². The van der Waals surface area contributed by atoms with E-state index in [9.17, 15) is 4.79 Å². The summed E-state index contributed by atoms with van der Waals surface area (Å²) < 4.78 is 5.87. The van der Waals surface area contributed by atoms with Crippen molar-refractivity contribution >= 4 is 5.91 Å². The topological polar surface area (TPSA) is 53.0 Å². The van der Waals surface area contributed by atoms with E-state index in [4.69, 9.17) is 9.84 Å². The number of amides is 1. The Bertz CT molecular complexity index is 354. The van der Waals surface area contributed by atoms with Crippen molar-refractivity contribution in [2.24, 2.45) is 11.8 Å². The monoisotopic (exact) mass is 312 g/mol. The Kier molecular flexibility index (Phi) is 6.66. The van der Waals surface area contributed by atoms with Gasteiger partial charge in [0.05, 0.1) is 18.6 Å².